The van der Waals surface area contributed by atoms with Crippen LogP contribution in [-0.4, -0.2) is 31.0 Å². The SMILES string of the molecule is CC(C)Nc1nc(Nc2cc(F)cc(F)c2)nc(-c2nccc(N)n2)n1. The summed E-state index contributed by atoms with van der Waals surface area (Å²) in [6.45, 7) is 3.82. The lowest BCUT2D eigenvalue weighted by Crippen LogP contribution is -2.15. The van der Waals surface area contributed by atoms with Gasteiger partial charge in [0.2, 0.25) is 17.7 Å². The Bertz CT molecular complexity index is 912. The third-order valence-corrected chi connectivity index (χ3v) is 3.05. The van der Waals surface area contributed by atoms with E-state index in [0.717, 1.165) is 18.2 Å². The van der Waals surface area contributed by atoms with Crippen molar-refractivity contribution < 1.29 is 8.78 Å². The van der Waals surface area contributed by atoms with Gasteiger partial charge in [-0.25, -0.2) is 18.7 Å². The van der Waals surface area contributed by atoms with Crippen molar-refractivity contribution in [2.24, 2.45) is 0 Å². The minimum Gasteiger partial charge on any atom is -0.384 e. The molecule has 0 aliphatic carbocycles. The van der Waals surface area contributed by atoms with Gasteiger partial charge < -0.3 is 16.4 Å². The van der Waals surface area contributed by atoms with Crippen LogP contribution >= 0.6 is 0 Å². The van der Waals surface area contributed by atoms with Crippen LogP contribution in [0.1, 0.15) is 13.8 Å². The predicted octanol–water partition coefficient (Wildman–Crippen LogP) is 2.75. The third-order valence-electron chi connectivity index (χ3n) is 3.05. The number of benzene rings is 1. The van der Waals surface area contributed by atoms with E-state index in [1.54, 1.807) is 0 Å². The Balaban J connectivity index is 2.01. The number of nitrogens with one attached hydrogen (secondary N) is 2. The number of aromatic nitrogens is 5. The number of hydrogen-bond acceptors (Lipinski definition) is 8. The Labute approximate surface area is 148 Å². The number of nitrogen functional groups attached to an aromatic ring is 1. The minimum atomic E-state index is -0.721. The van der Waals surface area contributed by atoms with Gasteiger partial charge in [0.1, 0.15) is 17.5 Å². The van der Waals surface area contributed by atoms with Crippen LogP contribution in [0.5, 0.6) is 0 Å². The summed E-state index contributed by atoms with van der Waals surface area (Å²) in [5, 5.41) is 5.80. The molecule has 0 saturated heterocycles. The standard InChI is InChI=1S/C16H16F2N8/c1-8(2)21-15-24-14(13-20-4-3-12(19)23-13)25-16(26-15)22-11-6-9(17)5-10(18)7-11/h3-8H,1-2H3,(H2,19,20,23)(H2,21,22,24,25,26). The van der Waals surface area contributed by atoms with Gasteiger partial charge in [-0.2, -0.15) is 15.0 Å². The van der Waals surface area contributed by atoms with Crippen LogP contribution in [0.3, 0.4) is 0 Å². The van der Waals surface area contributed by atoms with Gasteiger partial charge >= 0.3 is 0 Å². The van der Waals surface area contributed by atoms with Gasteiger partial charge in [0, 0.05) is 24.0 Å². The summed E-state index contributed by atoms with van der Waals surface area (Å²) in [6.07, 6.45) is 1.48. The van der Waals surface area contributed by atoms with E-state index in [9.17, 15) is 8.78 Å². The number of rotatable bonds is 5. The quantitative estimate of drug-likeness (QED) is 0.638. The van der Waals surface area contributed by atoms with E-state index in [2.05, 4.69) is 35.6 Å². The largest absolute Gasteiger partial charge is 0.384 e. The molecule has 0 aliphatic heterocycles. The van der Waals surface area contributed by atoms with Gasteiger partial charge in [0.25, 0.3) is 0 Å². The monoisotopic (exact) mass is 358 g/mol. The minimum absolute atomic E-state index is 0.0477. The lowest BCUT2D eigenvalue weighted by molar-refractivity contribution is 0.584. The fourth-order valence-electron chi connectivity index (χ4n) is 2.09. The molecule has 0 spiro atoms. The molecule has 4 N–H and O–H groups in total. The molecule has 3 rings (SSSR count). The van der Waals surface area contributed by atoms with Crippen LogP contribution < -0.4 is 16.4 Å². The van der Waals surface area contributed by atoms with Crippen molar-refractivity contribution in [3.05, 3.63) is 42.1 Å². The zero-order valence-electron chi connectivity index (χ0n) is 14.0. The van der Waals surface area contributed by atoms with E-state index >= 15 is 0 Å². The smallest absolute Gasteiger partial charge is 0.232 e. The third kappa shape index (κ3) is 4.35. The fourth-order valence-corrected chi connectivity index (χ4v) is 2.09. The van der Waals surface area contributed by atoms with Gasteiger partial charge in [0.15, 0.2) is 5.82 Å². The molecule has 0 amide bonds. The molecule has 0 radical (unpaired) electrons. The molecule has 0 atom stereocenters. The number of halogens is 2. The van der Waals surface area contributed by atoms with Crippen molar-refractivity contribution in [2.45, 2.75) is 19.9 Å². The number of anilines is 4. The normalized spacial score (nSPS) is 10.8. The second-order valence-electron chi connectivity index (χ2n) is 5.69. The highest BCUT2D eigenvalue weighted by molar-refractivity contribution is 5.58. The van der Waals surface area contributed by atoms with E-state index in [0.29, 0.717) is 0 Å². The van der Waals surface area contributed by atoms with Crippen molar-refractivity contribution in [3.63, 3.8) is 0 Å². The van der Waals surface area contributed by atoms with Gasteiger partial charge in [-0.3, -0.25) is 0 Å². The molecule has 8 nitrogen and oxygen atoms in total. The van der Waals surface area contributed by atoms with Gasteiger partial charge in [0.05, 0.1) is 0 Å². The Morgan fingerprint density at radius 2 is 1.62 bits per heavy atom. The maximum absolute atomic E-state index is 13.4. The maximum atomic E-state index is 13.4. The molecule has 0 saturated carbocycles. The molecule has 0 bridgehead atoms. The Morgan fingerprint density at radius 1 is 0.923 bits per heavy atom. The molecule has 0 fully saturated rings. The molecule has 3 aromatic rings. The summed E-state index contributed by atoms with van der Waals surface area (Å²) in [4.78, 5) is 20.8. The number of nitrogens with two attached hydrogens (primary N) is 1. The zero-order valence-corrected chi connectivity index (χ0v) is 14.0. The highest BCUT2D eigenvalue weighted by Gasteiger charge is 2.13. The second kappa shape index (κ2) is 7.21. The molecule has 1 aromatic carbocycles. The molecule has 26 heavy (non-hydrogen) atoms. The Hall–Kier alpha value is -3.43. The van der Waals surface area contributed by atoms with Crippen LogP contribution in [0.4, 0.5) is 32.2 Å². The topological polar surface area (TPSA) is 115 Å². The van der Waals surface area contributed by atoms with Gasteiger partial charge in [-0.15, -0.1) is 0 Å². The summed E-state index contributed by atoms with van der Waals surface area (Å²) in [7, 11) is 0. The van der Waals surface area contributed by atoms with Crippen molar-refractivity contribution >= 4 is 23.4 Å². The van der Waals surface area contributed by atoms with E-state index in [4.69, 9.17) is 5.73 Å². The van der Waals surface area contributed by atoms with E-state index in [1.807, 2.05) is 13.8 Å². The van der Waals surface area contributed by atoms with Crippen LogP contribution in [-0.2, 0) is 0 Å². The molecular formula is C16H16F2N8. The Kier molecular flexibility index (Phi) is 4.83. The first kappa shape index (κ1) is 17.4. The molecule has 0 unspecified atom stereocenters. The second-order valence-corrected chi connectivity index (χ2v) is 5.69. The average Bonchev–Trinajstić information content (AvgIpc) is 2.53. The average molecular weight is 358 g/mol. The first-order valence-electron chi connectivity index (χ1n) is 7.73. The van der Waals surface area contributed by atoms with Crippen molar-refractivity contribution in [1.82, 2.24) is 24.9 Å². The summed E-state index contributed by atoms with van der Waals surface area (Å²) in [5.41, 5.74) is 5.83. The molecule has 10 heteroatoms. The number of nitrogens with zero attached hydrogens (tertiary/aromatic N) is 5. The van der Waals surface area contributed by atoms with Crippen molar-refractivity contribution in [3.8, 4) is 11.6 Å². The maximum Gasteiger partial charge on any atom is 0.232 e. The first-order chi connectivity index (χ1) is 12.4. The van der Waals surface area contributed by atoms with Crippen LogP contribution in [0, 0.1) is 11.6 Å². The summed E-state index contributed by atoms with van der Waals surface area (Å²) in [6, 6.07) is 4.60. The lowest BCUT2D eigenvalue weighted by atomic mass is 10.3. The van der Waals surface area contributed by atoms with Crippen molar-refractivity contribution in [1.29, 1.82) is 0 Å². The van der Waals surface area contributed by atoms with E-state index < -0.39 is 11.6 Å². The van der Waals surface area contributed by atoms with Crippen LogP contribution in [0.2, 0.25) is 0 Å². The molecule has 0 aliphatic rings. The molecule has 2 aromatic heterocycles. The molecular weight excluding hydrogens is 342 g/mol. The highest BCUT2D eigenvalue weighted by Crippen LogP contribution is 2.20. The van der Waals surface area contributed by atoms with Gasteiger partial charge in [-0.05, 0) is 32.0 Å². The molecule has 134 valence electrons. The number of hydrogen-bond donors (Lipinski definition) is 3. The summed E-state index contributed by atoms with van der Waals surface area (Å²) in [5.74, 6) is -0.481. The van der Waals surface area contributed by atoms with Crippen LogP contribution in [0.15, 0.2) is 30.5 Å². The fraction of sp³-hybridized carbons (Fsp3) is 0.188. The first-order valence-corrected chi connectivity index (χ1v) is 7.73. The lowest BCUT2D eigenvalue weighted by Gasteiger charge is -2.12. The van der Waals surface area contributed by atoms with E-state index in [1.165, 1.54) is 12.3 Å². The zero-order chi connectivity index (χ0) is 18.7. The predicted molar refractivity (Wildman–Crippen MR) is 93.7 cm³/mol. The highest BCUT2D eigenvalue weighted by atomic mass is 19.1. The van der Waals surface area contributed by atoms with Crippen molar-refractivity contribution in [2.75, 3.05) is 16.4 Å². The summed E-state index contributed by atoms with van der Waals surface area (Å²) >= 11 is 0. The van der Waals surface area contributed by atoms with Crippen LogP contribution in [0.25, 0.3) is 11.6 Å². The van der Waals surface area contributed by atoms with E-state index in [-0.39, 0.29) is 41.1 Å². The van der Waals surface area contributed by atoms with Gasteiger partial charge in [-0.1, -0.05) is 0 Å². The molecule has 2 heterocycles. The summed E-state index contributed by atoms with van der Waals surface area (Å²) < 4.78 is 26.8. The Morgan fingerprint density at radius 3 is 2.27 bits per heavy atom.